The lowest BCUT2D eigenvalue weighted by atomic mass is 9.86. The van der Waals surface area contributed by atoms with Crippen LogP contribution in [0.3, 0.4) is 0 Å². The summed E-state index contributed by atoms with van der Waals surface area (Å²) < 4.78 is 27.7. The van der Waals surface area contributed by atoms with Crippen LogP contribution >= 0.6 is 0 Å². The van der Waals surface area contributed by atoms with Gasteiger partial charge in [-0.1, -0.05) is 18.9 Å². The van der Waals surface area contributed by atoms with Gasteiger partial charge in [-0.2, -0.15) is 0 Å². The van der Waals surface area contributed by atoms with Crippen molar-refractivity contribution in [2.24, 2.45) is 5.92 Å². The molecule has 1 aliphatic rings. The average molecular weight is 297 g/mol. The van der Waals surface area contributed by atoms with Gasteiger partial charge in [0, 0.05) is 12.6 Å². The van der Waals surface area contributed by atoms with Crippen molar-refractivity contribution in [3.8, 4) is 0 Å². The number of aryl methyl sites for hydroxylation is 2. The fraction of sp³-hybridized carbons (Fsp3) is 0.600. The summed E-state index contributed by atoms with van der Waals surface area (Å²) in [6.45, 7) is 3.83. The van der Waals surface area contributed by atoms with Gasteiger partial charge >= 0.3 is 0 Å². The Morgan fingerprint density at radius 3 is 2.35 bits per heavy atom. The summed E-state index contributed by atoms with van der Waals surface area (Å²) in [5.41, 5.74) is 1.88. The smallest absolute Gasteiger partial charge is 0.240 e. The molecule has 0 saturated heterocycles. The van der Waals surface area contributed by atoms with E-state index in [0.717, 1.165) is 36.8 Å². The minimum atomic E-state index is -3.51. The van der Waals surface area contributed by atoms with E-state index in [9.17, 15) is 13.5 Å². The largest absolute Gasteiger partial charge is 0.396 e. The summed E-state index contributed by atoms with van der Waals surface area (Å²) in [5.74, 6) is 0.0319. The third-order valence-electron chi connectivity index (χ3n) is 3.96. The van der Waals surface area contributed by atoms with Gasteiger partial charge in [-0.15, -0.1) is 0 Å². The first-order valence-electron chi connectivity index (χ1n) is 7.14. The highest BCUT2D eigenvalue weighted by Gasteiger charge is 2.29. The molecule has 0 radical (unpaired) electrons. The predicted octanol–water partition coefficient (Wildman–Crippen LogP) is 2.13. The standard InChI is InChI=1S/C15H23NO3S/c1-11-7-12(2)9-14(8-11)20(18,19)16-15-6-4-3-5-13(15)10-17/h7-9,13,15-17H,3-6,10H2,1-2H3. The molecule has 1 aromatic carbocycles. The summed E-state index contributed by atoms with van der Waals surface area (Å²) >= 11 is 0. The van der Waals surface area contributed by atoms with Crippen LogP contribution in [0.5, 0.6) is 0 Å². The number of aliphatic hydroxyl groups excluding tert-OH is 1. The van der Waals surface area contributed by atoms with Gasteiger partial charge in [-0.3, -0.25) is 0 Å². The molecule has 0 aliphatic heterocycles. The Morgan fingerprint density at radius 1 is 1.15 bits per heavy atom. The second kappa shape index (κ2) is 6.24. The Kier molecular flexibility index (Phi) is 4.83. The number of nitrogens with one attached hydrogen (secondary N) is 1. The van der Waals surface area contributed by atoms with Gasteiger partial charge in [-0.05, 0) is 55.9 Å². The van der Waals surface area contributed by atoms with Crippen LogP contribution < -0.4 is 4.72 Å². The Morgan fingerprint density at radius 2 is 1.75 bits per heavy atom. The molecule has 0 amide bonds. The van der Waals surface area contributed by atoms with Crippen molar-refractivity contribution in [2.45, 2.75) is 50.5 Å². The van der Waals surface area contributed by atoms with Crippen molar-refractivity contribution in [1.82, 2.24) is 4.72 Å². The van der Waals surface area contributed by atoms with Gasteiger partial charge in [-0.25, -0.2) is 13.1 Å². The molecule has 1 aliphatic carbocycles. The molecule has 0 aromatic heterocycles. The molecule has 112 valence electrons. The van der Waals surface area contributed by atoms with E-state index in [2.05, 4.69) is 4.72 Å². The van der Waals surface area contributed by atoms with Gasteiger partial charge in [0.25, 0.3) is 0 Å². The van der Waals surface area contributed by atoms with E-state index in [1.165, 1.54) is 0 Å². The van der Waals surface area contributed by atoms with E-state index in [4.69, 9.17) is 0 Å². The zero-order valence-electron chi connectivity index (χ0n) is 12.1. The lowest BCUT2D eigenvalue weighted by molar-refractivity contribution is 0.164. The predicted molar refractivity (Wildman–Crippen MR) is 79.1 cm³/mol. The second-order valence-corrected chi connectivity index (χ2v) is 7.49. The van der Waals surface area contributed by atoms with Crippen LogP contribution in [-0.2, 0) is 10.0 Å². The highest BCUT2D eigenvalue weighted by molar-refractivity contribution is 7.89. The highest BCUT2D eigenvalue weighted by Crippen LogP contribution is 2.26. The molecule has 1 fully saturated rings. The summed E-state index contributed by atoms with van der Waals surface area (Å²) in [7, 11) is -3.51. The number of hydrogen-bond acceptors (Lipinski definition) is 3. The Labute approximate surface area is 121 Å². The van der Waals surface area contributed by atoms with Crippen LogP contribution in [0.1, 0.15) is 36.8 Å². The maximum atomic E-state index is 12.5. The molecule has 0 bridgehead atoms. The molecular weight excluding hydrogens is 274 g/mol. The fourth-order valence-corrected chi connectivity index (χ4v) is 4.46. The lowest BCUT2D eigenvalue weighted by Crippen LogP contribution is -2.43. The van der Waals surface area contributed by atoms with E-state index in [-0.39, 0.29) is 18.6 Å². The first-order chi connectivity index (χ1) is 9.42. The number of benzene rings is 1. The van der Waals surface area contributed by atoms with Crippen LogP contribution in [0.4, 0.5) is 0 Å². The van der Waals surface area contributed by atoms with Gasteiger partial charge in [0.15, 0.2) is 0 Å². The van der Waals surface area contributed by atoms with Gasteiger partial charge in [0.1, 0.15) is 0 Å². The van der Waals surface area contributed by atoms with E-state index in [1.807, 2.05) is 19.9 Å². The molecule has 20 heavy (non-hydrogen) atoms. The van der Waals surface area contributed by atoms with E-state index in [1.54, 1.807) is 12.1 Å². The topological polar surface area (TPSA) is 66.4 Å². The van der Waals surface area contributed by atoms with E-state index >= 15 is 0 Å². The van der Waals surface area contributed by atoms with Crippen LogP contribution in [0, 0.1) is 19.8 Å². The van der Waals surface area contributed by atoms with Crippen molar-refractivity contribution < 1.29 is 13.5 Å². The van der Waals surface area contributed by atoms with Crippen molar-refractivity contribution in [1.29, 1.82) is 0 Å². The van der Waals surface area contributed by atoms with Crippen LogP contribution in [0.15, 0.2) is 23.1 Å². The van der Waals surface area contributed by atoms with Crippen molar-refractivity contribution in [2.75, 3.05) is 6.61 Å². The van der Waals surface area contributed by atoms with Crippen LogP contribution in [0.2, 0.25) is 0 Å². The van der Waals surface area contributed by atoms with Gasteiger partial charge in [0.2, 0.25) is 10.0 Å². The first kappa shape index (κ1) is 15.5. The molecule has 1 aromatic rings. The molecule has 0 heterocycles. The number of hydrogen-bond donors (Lipinski definition) is 2. The van der Waals surface area contributed by atoms with Crippen LogP contribution in [-0.4, -0.2) is 26.2 Å². The molecule has 5 heteroatoms. The van der Waals surface area contributed by atoms with Crippen molar-refractivity contribution >= 4 is 10.0 Å². The summed E-state index contributed by atoms with van der Waals surface area (Å²) in [5, 5.41) is 9.38. The van der Waals surface area contributed by atoms with Gasteiger partial charge in [0.05, 0.1) is 4.90 Å². The normalized spacial score (nSPS) is 23.8. The lowest BCUT2D eigenvalue weighted by Gasteiger charge is -2.30. The maximum Gasteiger partial charge on any atom is 0.240 e. The summed E-state index contributed by atoms with van der Waals surface area (Å²) in [6.07, 6.45) is 3.76. The van der Waals surface area contributed by atoms with E-state index < -0.39 is 10.0 Å². The van der Waals surface area contributed by atoms with Crippen molar-refractivity contribution in [3.05, 3.63) is 29.3 Å². The molecule has 2 rings (SSSR count). The van der Waals surface area contributed by atoms with Gasteiger partial charge < -0.3 is 5.11 Å². The Balaban J connectivity index is 2.21. The number of aliphatic hydroxyl groups is 1. The number of rotatable bonds is 4. The first-order valence-corrected chi connectivity index (χ1v) is 8.62. The average Bonchev–Trinajstić information content (AvgIpc) is 2.38. The second-order valence-electron chi connectivity index (χ2n) is 5.78. The molecule has 2 N–H and O–H groups in total. The SMILES string of the molecule is Cc1cc(C)cc(S(=O)(=O)NC2CCCCC2CO)c1. The molecule has 1 saturated carbocycles. The molecule has 2 unspecified atom stereocenters. The molecule has 4 nitrogen and oxygen atoms in total. The molecular formula is C15H23NO3S. The zero-order valence-corrected chi connectivity index (χ0v) is 12.9. The fourth-order valence-electron chi connectivity index (χ4n) is 2.94. The molecule has 2 atom stereocenters. The van der Waals surface area contributed by atoms with Crippen molar-refractivity contribution in [3.63, 3.8) is 0 Å². The number of sulfonamides is 1. The highest BCUT2D eigenvalue weighted by atomic mass is 32.2. The molecule has 0 spiro atoms. The van der Waals surface area contributed by atoms with E-state index in [0.29, 0.717) is 4.90 Å². The zero-order chi connectivity index (χ0) is 14.8. The minimum absolute atomic E-state index is 0.0319. The third kappa shape index (κ3) is 3.59. The maximum absolute atomic E-state index is 12.5. The Hall–Kier alpha value is -0.910. The Bertz CT molecular complexity index is 548. The summed E-state index contributed by atoms with van der Waals surface area (Å²) in [4.78, 5) is 0.317. The summed E-state index contributed by atoms with van der Waals surface area (Å²) in [6, 6.07) is 5.17. The van der Waals surface area contributed by atoms with Crippen LogP contribution in [0.25, 0.3) is 0 Å². The monoisotopic (exact) mass is 297 g/mol. The minimum Gasteiger partial charge on any atom is -0.396 e. The quantitative estimate of drug-likeness (QED) is 0.894. The third-order valence-corrected chi connectivity index (χ3v) is 5.42.